The molecule has 2 unspecified atom stereocenters. The van der Waals surface area contributed by atoms with Gasteiger partial charge in [0.1, 0.15) is 0 Å². The van der Waals surface area contributed by atoms with Gasteiger partial charge in [0.15, 0.2) is 17.3 Å². The van der Waals surface area contributed by atoms with Crippen molar-refractivity contribution >= 4 is 16.6 Å². The number of Topliss-reactive ketones (excluding diaryl/α,β-unsaturated/α-hetero) is 1. The van der Waals surface area contributed by atoms with E-state index in [-0.39, 0.29) is 22.8 Å². The van der Waals surface area contributed by atoms with Crippen LogP contribution in [0, 0.1) is 11.7 Å². The van der Waals surface area contributed by atoms with Crippen LogP contribution in [-0.4, -0.2) is 28.6 Å². The van der Waals surface area contributed by atoms with E-state index in [2.05, 4.69) is 0 Å². The number of benzene rings is 1. The fourth-order valence-corrected chi connectivity index (χ4v) is 3.01. The molecule has 0 radical (unpaired) electrons. The van der Waals surface area contributed by atoms with Crippen LogP contribution in [-0.2, 0) is 10.8 Å². The Bertz CT molecular complexity index is 474. The molecule has 0 N–H and O–H groups in total. The van der Waals surface area contributed by atoms with E-state index in [0.717, 1.165) is 12.5 Å². The number of carbonyl (C=O) groups is 1. The molecule has 0 aliphatic heterocycles. The highest BCUT2D eigenvalue weighted by Crippen LogP contribution is 2.18. The summed E-state index contributed by atoms with van der Waals surface area (Å²) < 4.78 is 30.0. The molecule has 3 nitrogen and oxygen atoms in total. The molecule has 0 fully saturated rings. The molecule has 19 heavy (non-hydrogen) atoms. The first-order valence-corrected chi connectivity index (χ1v) is 7.68. The lowest BCUT2D eigenvalue weighted by Gasteiger charge is -2.08. The summed E-state index contributed by atoms with van der Waals surface area (Å²) >= 11 is 0. The van der Waals surface area contributed by atoms with Gasteiger partial charge in [-0.15, -0.1) is 0 Å². The zero-order valence-corrected chi connectivity index (χ0v) is 12.3. The van der Waals surface area contributed by atoms with Gasteiger partial charge in [-0.3, -0.25) is 9.00 Å². The van der Waals surface area contributed by atoms with Gasteiger partial charge >= 0.3 is 0 Å². The van der Waals surface area contributed by atoms with Crippen molar-refractivity contribution in [2.24, 2.45) is 5.92 Å². The molecular formula is C14H19FO3S. The number of methoxy groups -OCH3 is 1. The van der Waals surface area contributed by atoms with Crippen LogP contribution in [0.4, 0.5) is 4.39 Å². The van der Waals surface area contributed by atoms with Crippen molar-refractivity contribution in [3.63, 3.8) is 0 Å². The van der Waals surface area contributed by atoms with Crippen molar-refractivity contribution in [1.29, 1.82) is 0 Å². The van der Waals surface area contributed by atoms with Gasteiger partial charge in [0.05, 0.1) is 12.9 Å². The van der Waals surface area contributed by atoms with Crippen LogP contribution in [0.3, 0.4) is 0 Å². The third-order valence-corrected chi connectivity index (χ3v) is 4.46. The minimum atomic E-state index is -1.20. The maximum absolute atomic E-state index is 13.5. The predicted molar refractivity (Wildman–Crippen MR) is 74.6 cm³/mol. The maximum atomic E-state index is 13.5. The van der Waals surface area contributed by atoms with Crippen molar-refractivity contribution in [1.82, 2.24) is 0 Å². The Labute approximate surface area is 115 Å². The lowest BCUT2D eigenvalue weighted by molar-refractivity contribution is 0.102. The number of hydrogen-bond donors (Lipinski definition) is 0. The van der Waals surface area contributed by atoms with E-state index in [1.54, 1.807) is 0 Å². The summed E-state index contributed by atoms with van der Waals surface area (Å²) in [5.74, 6) is -0.0282. The van der Waals surface area contributed by atoms with Crippen molar-refractivity contribution in [2.45, 2.75) is 20.3 Å². The number of ether oxygens (including phenoxy) is 1. The van der Waals surface area contributed by atoms with E-state index >= 15 is 0 Å². The molecule has 0 spiro atoms. The monoisotopic (exact) mass is 286 g/mol. The van der Waals surface area contributed by atoms with Gasteiger partial charge < -0.3 is 4.74 Å². The molecule has 0 heterocycles. The SMILES string of the molecule is CCC(C)CS(=O)CC(=O)c1ccc(OC)c(F)c1. The number of rotatable bonds is 7. The maximum Gasteiger partial charge on any atom is 0.175 e. The zero-order chi connectivity index (χ0) is 14.4. The predicted octanol–water partition coefficient (Wildman–Crippen LogP) is 2.81. The summed E-state index contributed by atoms with van der Waals surface area (Å²) in [6.07, 6.45) is 0.928. The summed E-state index contributed by atoms with van der Waals surface area (Å²) in [7, 11) is 0.165. The van der Waals surface area contributed by atoms with Crippen LogP contribution < -0.4 is 4.74 Å². The molecule has 1 aromatic rings. The standard InChI is InChI=1S/C14H19FO3S/c1-4-10(2)8-19(17)9-13(16)11-5-6-14(18-3)12(15)7-11/h5-7,10H,4,8-9H2,1-3H3. The lowest BCUT2D eigenvalue weighted by atomic mass is 10.1. The van der Waals surface area contributed by atoms with Gasteiger partial charge in [-0.1, -0.05) is 20.3 Å². The number of carbonyl (C=O) groups excluding carboxylic acids is 1. The summed E-state index contributed by atoms with van der Waals surface area (Å²) in [6, 6.07) is 4.02. The Morgan fingerprint density at radius 2 is 2.16 bits per heavy atom. The first-order valence-electron chi connectivity index (χ1n) is 6.19. The van der Waals surface area contributed by atoms with Gasteiger partial charge in [-0.05, 0) is 24.1 Å². The average molecular weight is 286 g/mol. The number of halogens is 1. The van der Waals surface area contributed by atoms with Crippen LogP contribution >= 0.6 is 0 Å². The van der Waals surface area contributed by atoms with Gasteiger partial charge in [-0.2, -0.15) is 0 Å². The second kappa shape index (κ2) is 7.38. The zero-order valence-electron chi connectivity index (χ0n) is 11.4. The van der Waals surface area contributed by atoms with Crippen molar-refractivity contribution in [3.8, 4) is 5.75 Å². The van der Waals surface area contributed by atoms with E-state index in [4.69, 9.17) is 4.74 Å². The molecule has 0 amide bonds. The Balaban J connectivity index is 2.68. The van der Waals surface area contributed by atoms with Crippen molar-refractivity contribution in [3.05, 3.63) is 29.6 Å². The van der Waals surface area contributed by atoms with Gasteiger partial charge in [-0.25, -0.2) is 4.39 Å². The second-order valence-corrected chi connectivity index (χ2v) is 6.04. The molecule has 1 rings (SSSR count). The molecule has 106 valence electrons. The fourth-order valence-electron chi connectivity index (χ4n) is 1.56. The highest BCUT2D eigenvalue weighted by atomic mass is 32.2. The van der Waals surface area contributed by atoms with Gasteiger partial charge in [0, 0.05) is 22.1 Å². The topological polar surface area (TPSA) is 43.4 Å². The molecule has 2 atom stereocenters. The third-order valence-electron chi connectivity index (χ3n) is 2.93. The molecular weight excluding hydrogens is 267 g/mol. The van der Waals surface area contributed by atoms with Gasteiger partial charge in [0.2, 0.25) is 0 Å². The first kappa shape index (κ1) is 15.8. The van der Waals surface area contributed by atoms with E-state index in [1.807, 2.05) is 13.8 Å². The van der Waals surface area contributed by atoms with Crippen LogP contribution in [0.5, 0.6) is 5.75 Å². The van der Waals surface area contributed by atoms with Crippen molar-refractivity contribution in [2.75, 3.05) is 18.6 Å². The number of hydrogen-bond acceptors (Lipinski definition) is 3. The second-order valence-electron chi connectivity index (χ2n) is 4.54. The Hall–Kier alpha value is -1.23. The van der Waals surface area contributed by atoms with E-state index < -0.39 is 16.6 Å². The lowest BCUT2D eigenvalue weighted by Crippen LogP contribution is -2.17. The largest absolute Gasteiger partial charge is 0.494 e. The summed E-state index contributed by atoms with van der Waals surface area (Å²) in [5.41, 5.74) is 0.232. The molecule has 1 aromatic carbocycles. The summed E-state index contributed by atoms with van der Waals surface area (Å²) in [6.45, 7) is 4.01. The van der Waals surface area contributed by atoms with E-state index in [0.29, 0.717) is 11.7 Å². The van der Waals surface area contributed by atoms with Crippen LogP contribution in [0.1, 0.15) is 30.6 Å². The minimum Gasteiger partial charge on any atom is -0.494 e. The normalized spacial score (nSPS) is 13.9. The molecule has 0 aliphatic rings. The first-order chi connectivity index (χ1) is 8.97. The molecule has 0 saturated heterocycles. The molecule has 0 saturated carbocycles. The van der Waals surface area contributed by atoms with Crippen LogP contribution in [0.2, 0.25) is 0 Å². The Kier molecular flexibility index (Phi) is 6.15. The smallest absolute Gasteiger partial charge is 0.175 e. The summed E-state index contributed by atoms with van der Waals surface area (Å²) in [4.78, 5) is 11.9. The van der Waals surface area contributed by atoms with E-state index in [9.17, 15) is 13.4 Å². The summed E-state index contributed by atoms with van der Waals surface area (Å²) in [5, 5.41) is 0. The van der Waals surface area contributed by atoms with Crippen LogP contribution in [0.25, 0.3) is 0 Å². The Morgan fingerprint density at radius 3 is 2.68 bits per heavy atom. The minimum absolute atomic E-state index is 0.0594. The third kappa shape index (κ3) is 4.74. The molecule has 0 aromatic heterocycles. The average Bonchev–Trinajstić information content (AvgIpc) is 2.38. The van der Waals surface area contributed by atoms with Crippen molar-refractivity contribution < 1.29 is 18.1 Å². The molecule has 0 aliphatic carbocycles. The Morgan fingerprint density at radius 1 is 1.47 bits per heavy atom. The van der Waals surface area contributed by atoms with Crippen LogP contribution in [0.15, 0.2) is 18.2 Å². The van der Waals surface area contributed by atoms with E-state index in [1.165, 1.54) is 19.2 Å². The molecule has 0 bridgehead atoms. The van der Waals surface area contributed by atoms with Gasteiger partial charge in [0.25, 0.3) is 0 Å². The quantitative estimate of drug-likeness (QED) is 0.724. The molecule has 5 heteroatoms. The highest BCUT2D eigenvalue weighted by Gasteiger charge is 2.14. The number of ketones is 1. The highest BCUT2D eigenvalue weighted by molar-refractivity contribution is 7.85. The fraction of sp³-hybridized carbons (Fsp3) is 0.500.